The van der Waals surface area contributed by atoms with E-state index in [1.807, 2.05) is 37.3 Å². The van der Waals surface area contributed by atoms with E-state index in [9.17, 15) is 4.79 Å². The number of carbonyl (C=O) groups is 1. The molecule has 0 saturated carbocycles. The topological polar surface area (TPSA) is 59.9 Å². The maximum Gasteiger partial charge on any atom is 0.343 e. The zero-order valence-electron chi connectivity index (χ0n) is 15.2. The molecule has 0 bridgehead atoms. The fourth-order valence-electron chi connectivity index (χ4n) is 2.39. The van der Waals surface area contributed by atoms with Crippen molar-refractivity contribution in [3.63, 3.8) is 0 Å². The fourth-order valence-corrected chi connectivity index (χ4v) is 2.39. The predicted molar refractivity (Wildman–Crippen MR) is 107 cm³/mol. The maximum atomic E-state index is 12.2. The number of benzene rings is 3. The number of aryl methyl sites for hydroxylation is 1. The first-order chi connectivity index (χ1) is 13.2. The number of anilines is 1. The van der Waals surface area contributed by atoms with E-state index >= 15 is 0 Å². The van der Waals surface area contributed by atoms with Gasteiger partial charge in [-0.05, 0) is 55.0 Å². The highest BCUT2D eigenvalue weighted by molar-refractivity contribution is 5.91. The van der Waals surface area contributed by atoms with E-state index < -0.39 is 5.97 Å². The largest absolute Gasteiger partial charge is 0.493 e. The molecule has 0 atom stereocenters. The lowest BCUT2D eigenvalue weighted by Crippen LogP contribution is -2.09. The van der Waals surface area contributed by atoms with Gasteiger partial charge in [-0.1, -0.05) is 35.9 Å². The zero-order chi connectivity index (χ0) is 19.1. The molecule has 1 N–H and O–H groups in total. The van der Waals surface area contributed by atoms with E-state index in [1.165, 1.54) is 12.7 Å². The Bertz CT molecular complexity index is 936. The maximum absolute atomic E-state index is 12.2. The molecule has 3 aromatic rings. The number of nitrogens with one attached hydrogen (secondary N) is 1. The first-order valence-electron chi connectivity index (χ1n) is 8.47. The highest BCUT2D eigenvalue weighted by Crippen LogP contribution is 2.28. The van der Waals surface area contributed by atoms with E-state index in [-0.39, 0.29) is 0 Å². The van der Waals surface area contributed by atoms with E-state index in [2.05, 4.69) is 10.5 Å². The van der Waals surface area contributed by atoms with Crippen LogP contribution in [0.1, 0.15) is 21.5 Å². The fraction of sp³-hybridized carbons (Fsp3) is 0.0909. The summed E-state index contributed by atoms with van der Waals surface area (Å²) >= 11 is 0. The van der Waals surface area contributed by atoms with Gasteiger partial charge in [-0.2, -0.15) is 5.10 Å². The van der Waals surface area contributed by atoms with Gasteiger partial charge < -0.3 is 9.47 Å². The SMILES string of the molecule is COc1cc(C=NNc2ccc(C)cc2)ccc1OC(=O)c1ccccc1. The normalized spacial score (nSPS) is 10.6. The quantitative estimate of drug-likeness (QED) is 0.300. The molecule has 0 aromatic heterocycles. The van der Waals surface area contributed by atoms with Crippen molar-refractivity contribution in [1.29, 1.82) is 0 Å². The van der Waals surface area contributed by atoms with Crippen molar-refractivity contribution >= 4 is 17.9 Å². The molecule has 0 amide bonds. The summed E-state index contributed by atoms with van der Waals surface area (Å²) in [6.45, 7) is 2.03. The molecule has 27 heavy (non-hydrogen) atoms. The van der Waals surface area contributed by atoms with Crippen molar-refractivity contribution in [3.8, 4) is 11.5 Å². The summed E-state index contributed by atoms with van der Waals surface area (Å²) in [6.07, 6.45) is 1.67. The third-order valence-electron chi connectivity index (χ3n) is 3.86. The van der Waals surface area contributed by atoms with Crippen molar-refractivity contribution in [3.05, 3.63) is 89.5 Å². The van der Waals surface area contributed by atoms with Crippen LogP contribution in [0.25, 0.3) is 0 Å². The lowest BCUT2D eigenvalue weighted by molar-refractivity contribution is 0.0729. The van der Waals surface area contributed by atoms with Crippen molar-refractivity contribution in [2.24, 2.45) is 5.10 Å². The summed E-state index contributed by atoms with van der Waals surface area (Å²) in [6, 6.07) is 22.0. The van der Waals surface area contributed by atoms with Crippen LogP contribution in [0, 0.1) is 6.92 Å². The van der Waals surface area contributed by atoms with Crippen molar-refractivity contribution in [2.75, 3.05) is 12.5 Å². The second-order valence-electron chi connectivity index (χ2n) is 5.90. The zero-order valence-corrected chi connectivity index (χ0v) is 15.2. The van der Waals surface area contributed by atoms with Crippen LogP contribution in [0.5, 0.6) is 11.5 Å². The van der Waals surface area contributed by atoms with Crippen LogP contribution in [0.4, 0.5) is 5.69 Å². The van der Waals surface area contributed by atoms with Crippen molar-refractivity contribution < 1.29 is 14.3 Å². The van der Waals surface area contributed by atoms with E-state index in [1.54, 1.807) is 48.7 Å². The minimum Gasteiger partial charge on any atom is -0.493 e. The molecule has 3 aromatic carbocycles. The van der Waals surface area contributed by atoms with Gasteiger partial charge in [0.05, 0.1) is 24.6 Å². The number of hydrazone groups is 1. The van der Waals surface area contributed by atoms with Gasteiger partial charge in [-0.15, -0.1) is 0 Å². The molecular weight excluding hydrogens is 340 g/mol. The Balaban J connectivity index is 1.69. The molecule has 0 unspecified atom stereocenters. The van der Waals surface area contributed by atoms with Gasteiger partial charge >= 0.3 is 5.97 Å². The number of hydrogen-bond acceptors (Lipinski definition) is 5. The molecule has 0 heterocycles. The number of nitrogens with zero attached hydrogens (tertiary/aromatic N) is 1. The highest BCUT2D eigenvalue weighted by Gasteiger charge is 2.12. The van der Waals surface area contributed by atoms with E-state index in [0.717, 1.165) is 11.3 Å². The first kappa shape index (κ1) is 18.2. The van der Waals surface area contributed by atoms with E-state index in [0.29, 0.717) is 17.1 Å². The Hall–Kier alpha value is -3.60. The summed E-state index contributed by atoms with van der Waals surface area (Å²) in [5.41, 5.74) is 6.35. The average Bonchev–Trinajstić information content (AvgIpc) is 2.71. The lowest BCUT2D eigenvalue weighted by Gasteiger charge is -2.10. The second-order valence-corrected chi connectivity index (χ2v) is 5.90. The third kappa shape index (κ3) is 4.95. The van der Waals surface area contributed by atoms with Crippen LogP contribution < -0.4 is 14.9 Å². The van der Waals surface area contributed by atoms with Crippen LogP contribution in [-0.2, 0) is 0 Å². The Labute approximate surface area is 158 Å². The predicted octanol–water partition coefficient (Wildman–Crippen LogP) is 4.67. The molecule has 0 spiro atoms. The van der Waals surface area contributed by atoms with Crippen LogP contribution in [0.3, 0.4) is 0 Å². The molecular formula is C22H20N2O3. The van der Waals surface area contributed by atoms with Crippen LogP contribution >= 0.6 is 0 Å². The molecule has 5 nitrogen and oxygen atoms in total. The van der Waals surface area contributed by atoms with Crippen molar-refractivity contribution in [1.82, 2.24) is 0 Å². The van der Waals surface area contributed by atoms with Gasteiger partial charge in [0, 0.05) is 0 Å². The summed E-state index contributed by atoms with van der Waals surface area (Å²) in [7, 11) is 1.53. The molecule has 0 aliphatic heterocycles. The number of esters is 1. The minimum atomic E-state index is -0.434. The Kier molecular flexibility index (Phi) is 5.84. The summed E-state index contributed by atoms with van der Waals surface area (Å²) < 4.78 is 10.8. The molecule has 0 aliphatic rings. The van der Waals surface area contributed by atoms with Gasteiger partial charge in [0.15, 0.2) is 11.5 Å². The molecule has 0 aliphatic carbocycles. The van der Waals surface area contributed by atoms with Gasteiger partial charge in [0.1, 0.15) is 0 Å². The highest BCUT2D eigenvalue weighted by atomic mass is 16.6. The summed E-state index contributed by atoms with van der Waals surface area (Å²) in [5, 5.41) is 4.22. The molecule has 5 heteroatoms. The smallest absolute Gasteiger partial charge is 0.343 e. The molecule has 136 valence electrons. The number of rotatable bonds is 6. The number of methoxy groups -OCH3 is 1. The Morgan fingerprint density at radius 3 is 2.41 bits per heavy atom. The molecule has 0 fully saturated rings. The second kappa shape index (κ2) is 8.67. The number of carbonyl (C=O) groups excluding carboxylic acids is 1. The summed E-state index contributed by atoms with van der Waals surface area (Å²) in [5.74, 6) is 0.380. The Morgan fingerprint density at radius 1 is 0.963 bits per heavy atom. The van der Waals surface area contributed by atoms with Gasteiger partial charge in [0.2, 0.25) is 0 Å². The molecule has 0 radical (unpaired) electrons. The first-order valence-corrected chi connectivity index (χ1v) is 8.47. The van der Waals surface area contributed by atoms with Gasteiger partial charge in [0.25, 0.3) is 0 Å². The van der Waals surface area contributed by atoms with Crippen LogP contribution in [0.2, 0.25) is 0 Å². The molecule has 0 saturated heterocycles. The number of hydrogen-bond donors (Lipinski definition) is 1. The molecule has 3 rings (SSSR count). The van der Waals surface area contributed by atoms with E-state index in [4.69, 9.17) is 9.47 Å². The van der Waals surface area contributed by atoms with Gasteiger partial charge in [-0.3, -0.25) is 5.43 Å². The van der Waals surface area contributed by atoms with Crippen molar-refractivity contribution in [2.45, 2.75) is 6.92 Å². The average molecular weight is 360 g/mol. The van der Waals surface area contributed by atoms with Gasteiger partial charge in [-0.25, -0.2) is 4.79 Å². The number of ether oxygens (including phenoxy) is 2. The third-order valence-corrected chi connectivity index (χ3v) is 3.86. The van der Waals surface area contributed by atoms with Crippen LogP contribution in [0.15, 0.2) is 77.9 Å². The minimum absolute atomic E-state index is 0.356. The Morgan fingerprint density at radius 2 is 1.70 bits per heavy atom. The van der Waals surface area contributed by atoms with Crippen LogP contribution in [-0.4, -0.2) is 19.3 Å². The standard InChI is InChI=1S/C22H20N2O3/c1-16-8-11-19(12-9-16)24-23-15-17-10-13-20(21(14-17)26-2)27-22(25)18-6-4-3-5-7-18/h3-15,24H,1-2H3. The monoisotopic (exact) mass is 360 g/mol. The summed E-state index contributed by atoms with van der Waals surface area (Å²) in [4.78, 5) is 12.2. The lowest BCUT2D eigenvalue weighted by atomic mass is 10.2.